The van der Waals surface area contributed by atoms with Gasteiger partial charge in [-0.1, -0.05) is 6.08 Å². The quantitative estimate of drug-likeness (QED) is 0.453. The van der Waals surface area contributed by atoms with Crippen LogP contribution in [0.4, 0.5) is 8.78 Å². The minimum atomic E-state index is -2.46. The van der Waals surface area contributed by atoms with Crippen molar-refractivity contribution >= 4 is 5.97 Å². The lowest BCUT2D eigenvalue weighted by atomic mass is 9.82. The van der Waals surface area contributed by atoms with E-state index in [0.29, 0.717) is 36.6 Å². The highest BCUT2D eigenvalue weighted by Gasteiger charge is 2.41. The van der Waals surface area contributed by atoms with Gasteiger partial charge in [-0.2, -0.15) is 0 Å². The fraction of sp³-hybridized carbons (Fsp3) is 0.880. The molecule has 2 aliphatic heterocycles. The van der Waals surface area contributed by atoms with E-state index in [9.17, 15) is 18.7 Å². The van der Waals surface area contributed by atoms with Gasteiger partial charge in [-0.25, -0.2) is 8.78 Å². The van der Waals surface area contributed by atoms with Crippen LogP contribution in [-0.4, -0.2) is 55.0 Å². The molecular formula is C25H41F2N3O3. The van der Waals surface area contributed by atoms with Gasteiger partial charge in [0.2, 0.25) is 5.92 Å². The van der Waals surface area contributed by atoms with Gasteiger partial charge in [0.25, 0.3) is 0 Å². The van der Waals surface area contributed by atoms with Crippen LogP contribution >= 0.6 is 0 Å². The van der Waals surface area contributed by atoms with Crippen molar-refractivity contribution in [3.05, 3.63) is 11.8 Å². The summed E-state index contributed by atoms with van der Waals surface area (Å²) in [4.78, 5) is 11.3. The Labute approximate surface area is 196 Å². The van der Waals surface area contributed by atoms with Crippen molar-refractivity contribution in [3.63, 3.8) is 0 Å². The smallest absolute Gasteiger partial charge is 0.311 e. The summed E-state index contributed by atoms with van der Waals surface area (Å²) in [6.45, 7) is 5.47. The molecule has 3 unspecified atom stereocenters. The van der Waals surface area contributed by atoms with Gasteiger partial charge in [0.1, 0.15) is 0 Å². The minimum Gasteiger partial charge on any atom is -0.481 e. The Morgan fingerprint density at radius 2 is 1.82 bits per heavy atom. The van der Waals surface area contributed by atoms with Crippen LogP contribution in [0.1, 0.15) is 71.6 Å². The fourth-order valence-electron chi connectivity index (χ4n) is 5.85. The molecule has 188 valence electrons. The number of hydrogen-bond donors (Lipinski definition) is 4. The summed E-state index contributed by atoms with van der Waals surface area (Å²) in [5.74, 6) is -1.94. The largest absolute Gasteiger partial charge is 0.481 e. The number of hydrogen-bond acceptors (Lipinski definition) is 5. The third-order valence-corrected chi connectivity index (χ3v) is 8.34. The van der Waals surface area contributed by atoms with Crippen molar-refractivity contribution in [3.8, 4) is 0 Å². The molecule has 0 spiro atoms. The first kappa shape index (κ1) is 24.9. The van der Waals surface area contributed by atoms with Crippen molar-refractivity contribution in [1.82, 2.24) is 16.0 Å². The first-order valence-corrected chi connectivity index (χ1v) is 12.8. The molecule has 0 aromatic heterocycles. The van der Waals surface area contributed by atoms with Gasteiger partial charge in [-0.3, -0.25) is 10.1 Å². The van der Waals surface area contributed by atoms with Gasteiger partial charge in [0, 0.05) is 43.6 Å². The van der Waals surface area contributed by atoms with Crippen LogP contribution in [0.2, 0.25) is 0 Å². The molecule has 0 radical (unpaired) electrons. The number of rotatable bonds is 7. The maximum atomic E-state index is 13.5. The van der Waals surface area contributed by atoms with E-state index in [0.717, 1.165) is 45.2 Å². The molecule has 0 aromatic rings. The zero-order valence-electron chi connectivity index (χ0n) is 20.0. The number of carbonyl (C=O) groups is 1. The number of ether oxygens (including phenoxy) is 1. The predicted molar refractivity (Wildman–Crippen MR) is 123 cm³/mol. The second-order valence-electron chi connectivity index (χ2n) is 11.4. The minimum absolute atomic E-state index is 0.0300. The predicted octanol–water partition coefficient (Wildman–Crippen LogP) is 3.88. The summed E-state index contributed by atoms with van der Waals surface area (Å²) in [5, 5.41) is 20.2. The van der Waals surface area contributed by atoms with E-state index in [1.165, 1.54) is 5.70 Å². The Bertz CT molecular complexity index is 712. The Morgan fingerprint density at radius 1 is 1.12 bits per heavy atom. The van der Waals surface area contributed by atoms with Crippen LogP contribution in [0.5, 0.6) is 0 Å². The second-order valence-corrected chi connectivity index (χ2v) is 11.4. The average molecular weight is 470 g/mol. The number of carboxylic acid groups (broad SMARTS) is 1. The molecule has 0 aromatic carbocycles. The molecule has 6 nitrogen and oxygen atoms in total. The molecule has 33 heavy (non-hydrogen) atoms. The highest BCUT2D eigenvalue weighted by Crippen LogP contribution is 2.38. The van der Waals surface area contributed by atoms with Crippen LogP contribution in [0.3, 0.4) is 0 Å². The maximum Gasteiger partial charge on any atom is 0.311 e. The van der Waals surface area contributed by atoms with Crippen molar-refractivity contribution in [2.45, 2.75) is 95.9 Å². The summed E-state index contributed by atoms with van der Waals surface area (Å²) < 4.78 is 32.9. The Morgan fingerprint density at radius 3 is 2.42 bits per heavy atom. The zero-order chi connectivity index (χ0) is 23.6. The maximum absolute atomic E-state index is 13.5. The highest BCUT2D eigenvalue weighted by molar-refractivity contribution is 5.73. The first-order valence-electron chi connectivity index (χ1n) is 12.8. The highest BCUT2D eigenvalue weighted by atomic mass is 19.3. The zero-order valence-corrected chi connectivity index (χ0v) is 20.0. The number of carboxylic acids is 1. The number of nitrogens with one attached hydrogen (secondary N) is 3. The summed E-state index contributed by atoms with van der Waals surface area (Å²) in [5.41, 5.74) is 0.502. The van der Waals surface area contributed by atoms with Gasteiger partial charge in [-0.05, 0) is 70.6 Å². The summed E-state index contributed by atoms with van der Waals surface area (Å²) in [7, 11) is 0. The monoisotopic (exact) mass is 469 g/mol. The van der Waals surface area contributed by atoms with E-state index < -0.39 is 17.3 Å². The van der Waals surface area contributed by atoms with E-state index in [-0.39, 0.29) is 31.7 Å². The molecule has 3 fully saturated rings. The summed E-state index contributed by atoms with van der Waals surface area (Å²) in [6.07, 6.45) is 9.13. The standard InChI is InChI=1S/C25H41F2N3O3/c1-24(2,23(31)32)15-33-19-6-3-16(4-7-19)20-8-5-18(13-28-20)22-29-14-21(30-22)17-9-11-25(26,27)12-10-17/h8,16-19,21-22,28-30H,3-7,9-15H2,1-2H3,(H,31,32). The van der Waals surface area contributed by atoms with Crippen molar-refractivity contribution in [2.24, 2.45) is 23.2 Å². The van der Waals surface area contributed by atoms with Crippen LogP contribution in [-0.2, 0) is 9.53 Å². The van der Waals surface area contributed by atoms with Crippen molar-refractivity contribution in [1.29, 1.82) is 0 Å². The molecule has 3 atom stereocenters. The lowest BCUT2D eigenvalue weighted by Gasteiger charge is -2.36. The van der Waals surface area contributed by atoms with E-state index in [2.05, 4.69) is 22.0 Å². The van der Waals surface area contributed by atoms with Gasteiger partial charge in [-0.15, -0.1) is 0 Å². The number of halogens is 2. The molecule has 8 heteroatoms. The third kappa shape index (κ3) is 6.25. The number of allylic oxidation sites excluding steroid dienone is 2. The Hall–Kier alpha value is -1.25. The SMILES string of the molecule is CC(C)(COC1CCC(C2=CCC(C3NCC(C4CCC(F)(F)CC4)N3)CN2)CC1)C(=O)O. The van der Waals surface area contributed by atoms with Gasteiger partial charge < -0.3 is 20.5 Å². The normalized spacial score (nSPS) is 35.6. The average Bonchev–Trinajstić information content (AvgIpc) is 3.28. The summed E-state index contributed by atoms with van der Waals surface area (Å²) in [6, 6.07) is 0.304. The topological polar surface area (TPSA) is 82.6 Å². The Balaban J connectivity index is 1.18. The van der Waals surface area contributed by atoms with E-state index >= 15 is 0 Å². The van der Waals surface area contributed by atoms with E-state index in [1.807, 2.05) is 0 Å². The van der Waals surface area contributed by atoms with Gasteiger partial charge >= 0.3 is 5.97 Å². The molecule has 2 heterocycles. The van der Waals surface area contributed by atoms with Crippen LogP contribution < -0.4 is 16.0 Å². The van der Waals surface area contributed by atoms with E-state index in [1.54, 1.807) is 13.8 Å². The molecule has 4 N–H and O–H groups in total. The molecule has 2 saturated carbocycles. The van der Waals surface area contributed by atoms with Crippen LogP contribution in [0.25, 0.3) is 0 Å². The third-order valence-electron chi connectivity index (χ3n) is 8.34. The molecule has 1 saturated heterocycles. The fourth-order valence-corrected chi connectivity index (χ4v) is 5.85. The van der Waals surface area contributed by atoms with Crippen molar-refractivity contribution < 1.29 is 23.4 Å². The van der Waals surface area contributed by atoms with Crippen molar-refractivity contribution in [2.75, 3.05) is 19.7 Å². The molecular weight excluding hydrogens is 428 g/mol. The molecule has 2 aliphatic carbocycles. The first-order chi connectivity index (χ1) is 15.6. The lowest BCUT2D eigenvalue weighted by molar-refractivity contribution is -0.152. The van der Waals surface area contributed by atoms with Crippen LogP contribution in [0, 0.1) is 23.2 Å². The van der Waals surface area contributed by atoms with E-state index in [4.69, 9.17) is 4.74 Å². The molecule has 0 amide bonds. The lowest BCUT2D eigenvalue weighted by Crippen LogP contribution is -2.47. The second kappa shape index (κ2) is 10.2. The Kier molecular flexibility index (Phi) is 7.66. The molecule has 0 bridgehead atoms. The molecule has 4 rings (SSSR count). The van der Waals surface area contributed by atoms with Gasteiger partial charge in [0.05, 0.1) is 24.3 Å². The summed E-state index contributed by atoms with van der Waals surface area (Å²) >= 11 is 0. The number of aliphatic carboxylic acids is 1. The van der Waals surface area contributed by atoms with Crippen LogP contribution in [0.15, 0.2) is 11.8 Å². The number of alkyl halides is 2. The van der Waals surface area contributed by atoms with Gasteiger partial charge in [0.15, 0.2) is 0 Å². The molecule has 4 aliphatic rings.